The fourth-order valence-corrected chi connectivity index (χ4v) is 6.76. The molecule has 1 aliphatic rings. The van der Waals surface area contributed by atoms with E-state index in [0.29, 0.717) is 19.1 Å². The van der Waals surface area contributed by atoms with Gasteiger partial charge < -0.3 is 14.1 Å². The summed E-state index contributed by atoms with van der Waals surface area (Å²) >= 11 is 7.64. The number of hydrogen-bond acceptors (Lipinski definition) is 5. The quantitative estimate of drug-likeness (QED) is 0.0649. The smallest absolute Gasteiger partial charge is 0.305 e. The van der Waals surface area contributed by atoms with E-state index in [4.69, 9.17) is 21.4 Å². The summed E-state index contributed by atoms with van der Waals surface area (Å²) < 4.78 is 12.1. The van der Waals surface area contributed by atoms with E-state index in [0.717, 1.165) is 61.6 Å². The van der Waals surface area contributed by atoms with Crippen molar-refractivity contribution in [2.45, 2.75) is 110 Å². The van der Waals surface area contributed by atoms with Crippen LogP contribution in [0.3, 0.4) is 0 Å². The highest BCUT2D eigenvalue weighted by Gasteiger charge is 2.39. The highest BCUT2D eigenvalue weighted by molar-refractivity contribution is 7.99. The number of esters is 1. The van der Waals surface area contributed by atoms with Crippen LogP contribution in [0.4, 0.5) is 0 Å². The van der Waals surface area contributed by atoms with Gasteiger partial charge in [-0.1, -0.05) is 88.3 Å². The average molecular weight is 578 g/mol. The van der Waals surface area contributed by atoms with Gasteiger partial charge in [0, 0.05) is 37.6 Å². The third kappa shape index (κ3) is 11.5. The number of carbonyl (C=O) groups is 1. The molecule has 0 bridgehead atoms. The first-order valence-corrected chi connectivity index (χ1v) is 18.8. The van der Waals surface area contributed by atoms with Gasteiger partial charge in [-0.3, -0.25) is 4.79 Å². The summed E-state index contributed by atoms with van der Waals surface area (Å²) in [5, 5.41) is 0.163. The summed E-state index contributed by atoms with van der Waals surface area (Å²) in [5.41, 5.74) is 2.61. The van der Waals surface area contributed by atoms with Crippen LogP contribution >= 0.6 is 24.0 Å². The van der Waals surface area contributed by atoms with Gasteiger partial charge in [-0.25, -0.2) is 0 Å². The number of hydrogen-bond donors (Lipinski definition) is 0. The van der Waals surface area contributed by atoms with Crippen LogP contribution in [0.1, 0.15) is 77.3 Å². The first-order chi connectivity index (χ1) is 17.9. The Bertz CT molecular complexity index is 913. The normalized spacial score (nSPS) is 17.4. The number of likely N-dealkylation sites (tertiary alicyclic amines) is 1. The molecule has 214 valence electrons. The molecule has 1 aromatic rings. The first-order valence-electron chi connectivity index (χ1n) is 14.4. The second-order valence-electron chi connectivity index (χ2n) is 12.0. The molecule has 1 aromatic carbocycles. The minimum absolute atomic E-state index is 0.0557. The van der Waals surface area contributed by atoms with E-state index in [9.17, 15) is 4.79 Å². The number of benzene rings is 1. The molecule has 0 saturated carbocycles. The van der Waals surface area contributed by atoms with Gasteiger partial charge in [0.1, 0.15) is 0 Å². The lowest BCUT2D eigenvalue weighted by Crippen LogP contribution is -2.44. The van der Waals surface area contributed by atoms with Crippen molar-refractivity contribution in [2.24, 2.45) is 0 Å². The highest BCUT2D eigenvalue weighted by atomic mass is 32.2. The van der Waals surface area contributed by atoms with Gasteiger partial charge >= 0.3 is 5.97 Å². The first kappa shape index (κ1) is 33.1. The van der Waals surface area contributed by atoms with Gasteiger partial charge in [-0.15, -0.1) is 0 Å². The second kappa shape index (κ2) is 16.2. The molecule has 0 aliphatic carbocycles. The molecule has 1 aliphatic heterocycles. The molecule has 0 aromatic heterocycles. The van der Waals surface area contributed by atoms with Crippen LogP contribution in [0.5, 0.6) is 0 Å². The molecule has 4 nitrogen and oxygen atoms in total. The zero-order valence-electron chi connectivity index (χ0n) is 24.9. The minimum atomic E-state index is -1.92. The molecule has 1 saturated heterocycles. The molecule has 38 heavy (non-hydrogen) atoms. The van der Waals surface area contributed by atoms with Crippen molar-refractivity contribution in [3.05, 3.63) is 47.5 Å². The van der Waals surface area contributed by atoms with Crippen molar-refractivity contribution in [3.63, 3.8) is 0 Å². The summed E-state index contributed by atoms with van der Waals surface area (Å²) in [6, 6.07) is 9.11. The molecule has 1 fully saturated rings. The standard InChI is InChI=1S/C31H51NO3S2Si/c1-8-9-20-34-30(33)14-11-21-37-22-19-32-27(16-18-29(32)36)15-17-28(35-38(6,7)31(3,4)5)24-26-13-10-12-25(2)23-26/h10,12-13,15,17,23,27-28H,8-9,11,14,16,18-22,24H2,1-7H3/t27-,28+/m0/s1. The monoisotopic (exact) mass is 577 g/mol. The predicted octanol–water partition coefficient (Wildman–Crippen LogP) is 8.13. The third-order valence-electron chi connectivity index (χ3n) is 7.60. The van der Waals surface area contributed by atoms with Crippen LogP contribution in [-0.4, -0.2) is 61.0 Å². The van der Waals surface area contributed by atoms with E-state index >= 15 is 0 Å². The van der Waals surface area contributed by atoms with Crippen molar-refractivity contribution < 1.29 is 14.0 Å². The Hall–Kier alpha value is -1.15. The van der Waals surface area contributed by atoms with E-state index in [-0.39, 0.29) is 17.1 Å². The van der Waals surface area contributed by atoms with Crippen LogP contribution < -0.4 is 0 Å². The number of unbranched alkanes of at least 4 members (excludes halogenated alkanes) is 1. The summed E-state index contributed by atoms with van der Waals surface area (Å²) in [4.78, 5) is 15.2. The minimum Gasteiger partial charge on any atom is -0.466 e. The number of aryl methyl sites for hydroxylation is 1. The summed E-state index contributed by atoms with van der Waals surface area (Å²) in [6.45, 7) is 17.3. The Morgan fingerprint density at radius 3 is 2.71 bits per heavy atom. The number of ether oxygens (including phenoxy) is 1. The van der Waals surface area contributed by atoms with Crippen LogP contribution in [0.15, 0.2) is 36.4 Å². The lowest BCUT2D eigenvalue weighted by atomic mass is 10.0. The largest absolute Gasteiger partial charge is 0.466 e. The molecular weight excluding hydrogens is 527 g/mol. The number of thiocarbonyl (C=S) groups is 1. The topological polar surface area (TPSA) is 38.8 Å². The molecule has 0 unspecified atom stereocenters. The predicted molar refractivity (Wildman–Crippen MR) is 171 cm³/mol. The maximum Gasteiger partial charge on any atom is 0.305 e. The second-order valence-corrected chi connectivity index (χ2v) is 18.4. The summed E-state index contributed by atoms with van der Waals surface area (Å²) in [7, 11) is -1.92. The number of nitrogens with zero attached hydrogens (tertiary/aromatic N) is 1. The zero-order chi connectivity index (χ0) is 28.2. The molecule has 7 heteroatoms. The highest BCUT2D eigenvalue weighted by Crippen LogP contribution is 2.38. The van der Waals surface area contributed by atoms with Crippen LogP contribution in [0.25, 0.3) is 0 Å². The van der Waals surface area contributed by atoms with Gasteiger partial charge in [-0.2, -0.15) is 11.8 Å². The van der Waals surface area contributed by atoms with Gasteiger partial charge in [0.2, 0.25) is 0 Å². The molecule has 0 N–H and O–H groups in total. The maximum atomic E-state index is 11.8. The van der Waals surface area contributed by atoms with E-state index in [1.54, 1.807) is 0 Å². The Kier molecular flexibility index (Phi) is 14.1. The van der Waals surface area contributed by atoms with Gasteiger partial charge in [0.15, 0.2) is 8.32 Å². The molecule has 2 atom stereocenters. The number of thioether (sulfide) groups is 1. The lowest BCUT2D eigenvalue weighted by Gasteiger charge is -2.39. The van der Waals surface area contributed by atoms with Gasteiger partial charge in [-0.05, 0) is 55.6 Å². The fraction of sp³-hybridized carbons (Fsp3) is 0.677. The fourth-order valence-electron chi connectivity index (χ4n) is 4.26. The Morgan fingerprint density at radius 2 is 2.03 bits per heavy atom. The Balaban J connectivity index is 1.93. The number of rotatable bonds is 16. The van der Waals surface area contributed by atoms with Crippen molar-refractivity contribution in [3.8, 4) is 0 Å². The van der Waals surface area contributed by atoms with Crippen LogP contribution in [0.2, 0.25) is 18.1 Å². The van der Waals surface area contributed by atoms with E-state index in [1.807, 2.05) is 11.8 Å². The molecule has 2 rings (SSSR count). The maximum absolute atomic E-state index is 11.8. The Labute approximate surface area is 243 Å². The Morgan fingerprint density at radius 1 is 1.26 bits per heavy atom. The van der Waals surface area contributed by atoms with Crippen molar-refractivity contribution in [2.75, 3.05) is 24.7 Å². The zero-order valence-corrected chi connectivity index (χ0v) is 27.5. The molecule has 0 radical (unpaired) electrons. The molecule has 0 amide bonds. The van der Waals surface area contributed by atoms with Crippen LogP contribution in [-0.2, 0) is 20.4 Å². The van der Waals surface area contributed by atoms with E-state index < -0.39 is 8.32 Å². The molecule has 1 heterocycles. The van der Waals surface area contributed by atoms with Crippen molar-refractivity contribution in [1.82, 2.24) is 4.90 Å². The van der Waals surface area contributed by atoms with Gasteiger partial charge in [0.25, 0.3) is 0 Å². The van der Waals surface area contributed by atoms with Crippen LogP contribution in [0, 0.1) is 6.92 Å². The summed E-state index contributed by atoms with van der Waals surface area (Å²) in [6.07, 6.45) is 11.0. The van der Waals surface area contributed by atoms with E-state index in [2.05, 4.69) is 89.0 Å². The average Bonchev–Trinajstić information content (AvgIpc) is 3.18. The van der Waals surface area contributed by atoms with Crippen molar-refractivity contribution >= 4 is 43.3 Å². The SMILES string of the molecule is CCCCOC(=O)CCCSCCN1C(=S)CC[C@@H]1C=C[C@H](Cc1cccc(C)c1)O[Si](C)(C)C(C)(C)C. The van der Waals surface area contributed by atoms with Crippen molar-refractivity contribution in [1.29, 1.82) is 0 Å². The van der Waals surface area contributed by atoms with E-state index in [1.165, 1.54) is 11.1 Å². The number of carbonyl (C=O) groups excluding carboxylic acids is 1. The molecular formula is C31H51NO3S2Si. The molecule has 0 spiro atoms. The summed E-state index contributed by atoms with van der Waals surface area (Å²) in [5.74, 6) is 1.93. The van der Waals surface area contributed by atoms with Gasteiger partial charge in [0.05, 0.1) is 17.7 Å². The lowest BCUT2D eigenvalue weighted by molar-refractivity contribution is -0.143. The third-order valence-corrected chi connectivity index (χ3v) is 13.6.